The third kappa shape index (κ3) is 2.48. The summed E-state index contributed by atoms with van der Waals surface area (Å²) in [5.41, 5.74) is 1.54. The minimum absolute atomic E-state index is 0.228. The van der Waals surface area contributed by atoms with Crippen LogP contribution in [0.2, 0.25) is 5.02 Å². The van der Waals surface area contributed by atoms with E-state index in [0.717, 1.165) is 0 Å². The molecule has 0 fully saturated rings. The lowest BCUT2D eigenvalue weighted by Gasteiger charge is -2.00. The van der Waals surface area contributed by atoms with Gasteiger partial charge in [0.1, 0.15) is 11.5 Å². The summed E-state index contributed by atoms with van der Waals surface area (Å²) in [6, 6.07) is 5.05. The second kappa shape index (κ2) is 5.31. The van der Waals surface area contributed by atoms with Gasteiger partial charge in [-0.3, -0.25) is 9.59 Å². The number of hydrogen-bond donors (Lipinski definition) is 3. The molecule has 0 unspecified atom stereocenters. The molecule has 0 radical (unpaired) electrons. The van der Waals surface area contributed by atoms with E-state index in [2.05, 4.69) is 15.0 Å². The molecule has 0 spiro atoms. The number of fused-ring (bicyclic) bond motifs is 1. The van der Waals surface area contributed by atoms with E-state index < -0.39 is 5.97 Å². The number of ketones is 1. The van der Waals surface area contributed by atoms with Crippen molar-refractivity contribution in [2.24, 2.45) is 0 Å². The number of halogens is 1. The fourth-order valence-electron chi connectivity index (χ4n) is 2.41. The summed E-state index contributed by atoms with van der Waals surface area (Å²) < 4.78 is 0. The maximum atomic E-state index is 12.6. The average Bonchev–Trinajstić information content (AvgIpc) is 3.03. The highest BCUT2D eigenvalue weighted by Gasteiger charge is 2.22. The largest absolute Gasteiger partial charge is 0.481 e. The first-order valence-electron chi connectivity index (χ1n) is 6.54. The molecule has 0 aliphatic heterocycles. The number of nitrogens with zero attached hydrogens (tertiary/aromatic N) is 1. The van der Waals surface area contributed by atoms with Gasteiger partial charge >= 0.3 is 5.97 Å². The van der Waals surface area contributed by atoms with Gasteiger partial charge in [-0.25, -0.2) is 4.98 Å². The molecule has 2 aromatic heterocycles. The lowest BCUT2D eigenvalue weighted by Crippen LogP contribution is -2.09. The molecule has 2 heterocycles. The Kier molecular flexibility index (Phi) is 3.46. The Balaban J connectivity index is 2.19. The molecule has 0 saturated heterocycles. The zero-order valence-electron chi connectivity index (χ0n) is 11.6. The van der Waals surface area contributed by atoms with Crippen LogP contribution in [-0.4, -0.2) is 31.8 Å². The number of H-pyrrole nitrogens is 2. The number of aryl methyl sites for hydroxylation is 1. The Bertz CT molecular complexity index is 895. The highest BCUT2D eigenvalue weighted by Crippen LogP contribution is 2.27. The van der Waals surface area contributed by atoms with Crippen molar-refractivity contribution >= 4 is 34.3 Å². The molecule has 0 aliphatic rings. The summed E-state index contributed by atoms with van der Waals surface area (Å²) in [6.07, 6.45) is 1.23. The SMILES string of the molecule is Cc1nc(C(=O)c2[nH]c3ccc(Cl)cc3c2CC(=O)O)c[nH]1. The van der Waals surface area contributed by atoms with E-state index in [0.29, 0.717) is 27.3 Å². The number of carbonyl (C=O) groups excluding carboxylic acids is 1. The van der Waals surface area contributed by atoms with Gasteiger partial charge in [-0.15, -0.1) is 0 Å². The first-order valence-corrected chi connectivity index (χ1v) is 6.92. The van der Waals surface area contributed by atoms with E-state index in [4.69, 9.17) is 16.7 Å². The fraction of sp³-hybridized carbons (Fsp3) is 0.133. The number of carbonyl (C=O) groups is 2. The van der Waals surface area contributed by atoms with Crippen molar-refractivity contribution in [1.29, 1.82) is 0 Å². The first-order chi connectivity index (χ1) is 10.5. The van der Waals surface area contributed by atoms with Gasteiger partial charge in [-0.2, -0.15) is 0 Å². The summed E-state index contributed by atoms with van der Waals surface area (Å²) in [6.45, 7) is 1.74. The van der Waals surface area contributed by atoms with Crippen LogP contribution in [0.15, 0.2) is 24.4 Å². The number of aromatic nitrogens is 3. The fourth-order valence-corrected chi connectivity index (χ4v) is 2.58. The molecule has 3 N–H and O–H groups in total. The van der Waals surface area contributed by atoms with Crippen molar-refractivity contribution in [3.05, 3.63) is 52.2 Å². The molecular formula is C15H12ClN3O3. The number of benzene rings is 1. The summed E-state index contributed by atoms with van der Waals surface area (Å²) in [5.74, 6) is -0.761. The second-order valence-electron chi connectivity index (χ2n) is 4.94. The molecule has 0 amide bonds. The number of imidazole rings is 1. The van der Waals surface area contributed by atoms with Crippen LogP contribution in [0.5, 0.6) is 0 Å². The minimum atomic E-state index is -1.02. The molecule has 112 valence electrons. The summed E-state index contributed by atoms with van der Waals surface area (Å²) >= 11 is 5.97. The molecular weight excluding hydrogens is 306 g/mol. The van der Waals surface area contributed by atoms with Gasteiger partial charge in [-0.1, -0.05) is 11.6 Å². The van der Waals surface area contributed by atoms with Gasteiger partial charge in [0.25, 0.3) is 0 Å². The Morgan fingerprint density at radius 3 is 2.77 bits per heavy atom. The molecule has 3 rings (SSSR count). The van der Waals surface area contributed by atoms with Crippen LogP contribution in [0, 0.1) is 6.92 Å². The minimum Gasteiger partial charge on any atom is -0.481 e. The Hall–Kier alpha value is -2.60. The molecule has 7 heteroatoms. The number of aliphatic carboxylic acids is 1. The molecule has 1 aromatic carbocycles. The molecule has 0 aliphatic carbocycles. The van der Waals surface area contributed by atoms with Crippen LogP contribution in [0.3, 0.4) is 0 Å². The summed E-state index contributed by atoms with van der Waals surface area (Å²) in [5, 5.41) is 10.2. The lowest BCUT2D eigenvalue weighted by molar-refractivity contribution is -0.136. The van der Waals surface area contributed by atoms with Crippen LogP contribution >= 0.6 is 11.6 Å². The Morgan fingerprint density at radius 1 is 1.36 bits per heavy atom. The zero-order valence-corrected chi connectivity index (χ0v) is 12.4. The number of carboxylic acid groups (broad SMARTS) is 1. The van der Waals surface area contributed by atoms with Crippen LogP contribution in [-0.2, 0) is 11.2 Å². The van der Waals surface area contributed by atoms with Crippen LogP contribution < -0.4 is 0 Å². The van der Waals surface area contributed by atoms with E-state index >= 15 is 0 Å². The molecule has 0 saturated carbocycles. The van der Waals surface area contributed by atoms with Crippen molar-refractivity contribution in [2.45, 2.75) is 13.3 Å². The maximum Gasteiger partial charge on any atom is 0.307 e. The monoisotopic (exact) mass is 317 g/mol. The van der Waals surface area contributed by atoms with E-state index in [-0.39, 0.29) is 23.6 Å². The average molecular weight is 318 g/mol. The van der Waals surface area contributed by atoms with Crippen LogP contribution in [0.25, 0.3) is 10.9 Å². The molecule has 6 nitrogen and oxygen atoms in total. The second-order valence-corrected chi connectivity index (χ2v) is 5.38. The molecule has 22 heavy (non-hydrogen) atoms. The standard InChI is InChI=1S/C15H12ClN3O3/c1-7-17-6-12(18-7)15(22)14-10(5-13(20)21)9-4-8(16)2-3-11(9)19-14/h2-4,6,19H,5H2,1H3,(H,17,18)(H,20,21). The predicted octanol–water partition coefficient (Wildman–Crippen LogP) is 2.71. The van der Waals surface area contributed by atoms with Gasteiger partial charge in [0.15, 0.2) is 0 Å². The van der Waals surface area contributed by atoms with Crippen LogP contribution in [0.4, 0.5) is 0 Å². The van der Waals surface area contributed by atoms with Gasteiger partial charge in [0, 0.05) is 27.7 Å². The molecule has 0 atom stereocenters. The third-order valence-corrected chi connectivity index (χ3v) is 3.60. The van der Waals surface area contributed by atoms with E-state index in [1.807, 2.05) is 0 Å². The highest BCUT2D eigenvalue weighted by atomic mass is 35.5. The Labute approximate surface area is 130 Å². The normalized spacial score (nSPS) is 11.0. The number of carboxylic acids is 1. The predicted molar refractivity (Wildman–Crippen MR) is 81.4 cm³/mol. The zero-order chi connectivity index (χ0) is 15.9. The lowest BCUT2D eigenvalue weighted by atomic mass is 10.0. The quantitative estimate of drug-likeness (QED) is 0.644. The van der Waals surface area contributed by atoms with Crippen molar-refractivity contribution < 1.29 is 14.7 Å². The number of nitrogens with one attached hydrogen (secondary N) is 2. The van der Waals surface area contributed by atoms with E-state index in [1.54, 1.807) is 25.1 Å². The first kappa shape index (κ1) is 14.3. The van der Waals surface area contributed by atoms with Crippen LogP contribution in [0.1, 0.15) is 27.6 Å². The van der Waals surface area contributed by atoms with E-state index in [1.165, 1.54) is 6.20 Å². The van der Waals surface area contributed by atoms with Gasteiger partial charge in [0.2, 0.25) is 5.78 Å². The summed E-state index contributed by atoms with van der Waals surface area (Å²) in [4.78, 5) is 33.6. The molecule has 3 aromatic rings. The van der Waals surface area contributed by atoms with E-state index in [9.17, 15) is 9.59 Å². The summed E-state index contributed by atoms with van der Waals surface area (Å²) in [7, 11) is 0. The van der Waals surface area contributed by atoms with Crippen molar-refractivity contribution in [3.8, 4) is 0 Å². The van der Waals surface area contributed by atoms with Gasteiger partial charge in [0.05, 0.1) is 12.1 Å². The van der Waals surface area contributed by atoms with Gasteiger partial charge < -0.3 is 15.1 Å². The number of hydrogen-bond acceptors (Lipinski definition) is 3. The molecule has 0 bridgehead atoms. The van der Waals surface area contributed by atoms with Crippen molar-refractivity contribution in [1.82, 2.24) is 15.0 Å². The van der Waals surface area contributed by atoms with Crippen molar-refractivity contribution in [3.63, 3.8) is 0 Å². The smallest absolute Gasteiger partial charge is 0.307 e. The number of rotatable bonds is 4. The topological polar surface area (TPSA) is 98.8 Å². The number of aromatic amines is 2. The maximum absolute atomic E-state index is 12.6. The van der Waals surface area contributed by atoms with Gasteiger partial charge in [-0.05, 0) is 25.1 Å². The third-order valence-electron chi connectivity index (χ3n) is 3.36. The van der Waals surface area contributed by atoms with Crippen molar-refractivity contribution in [2.75, 3.05) is 0 Å². The Morgan fingerprint density at radius 2 is 2.14 bits per heavy atom. The highest BCUT2D eigenvalue weighted by molar-refractivity contribution is 6.31.